The first-order valence-corrected chi connectivity index (χ1v) is 8.20. The Balaban J connectivity index is 1.77. The molecular weight excluding hydrogens is 394 g/mol. The zero-order valence-electron chi connectivity index (χ0n) is 13.1. The lowest BCUT2D eigenvalue weighted by molar-refractivity contribution is -0.117. The van der Waals surface area contributed by atoms with Gasteiger partial charge in [-0.25, -0.2) is 8.78 Å². The molecule has 0 saturated carbocycles. The first-order chi connectivity index (χ1) is 12.0. The highest BCUT2D eigenvalue weighted by Crippen LogP contribution is 2.14. The van der Waals surface area contributed by atoms with Gasteiger partial charge in [-0.3, -0.25) is 9.59 Å². The van der Waals surface area contributed by atoms with Gasteiger partial charge in [-0.05, 0) is 42.5 Å². The van der Waals surface area contributed by atoms with E-state index in [4.69, 9.17) is 0 Å². The molecule has 2 amide bonds. The first-order valence-electron chi connectivity index (χ1n) is 7.41. The van der Waals surface area contributed by atoms with Gasteiger partial charge in [0.2, 0.25) is 11.8 Å². The Kier molecular flexibility index (Phi) is 6.82. The summed E-state index contributed by atoms with van der Waals surface area (Å²) in [5.74, 6) is -2.30. The van der Waals surface area contributed by atoms with Crippen LogP contribution in [0.15, 0.2) is 53.0 Å². The van der Waals surface area contributed by atoms with Crippen LogP contribution >= 0.6 is 15.9 Å². The fraction of sp³-hybridized carbons (Fsp3) is 0.111. The van der Waals surface area contributed by atoms with Gasteiger partial charge in [0.25, 0.3) is 0 Å². The molecule has 0 spiro atoms. The second-order valence-corrected chi connectivity index (χ2v) is 5.98. The fourth-order valence-electron chi connectivity index (χ4n) is 1.94. The van der Waals surface area contributed by atoms with Crippen molar-refractivity contribution < 1.29 is 18.4 Å². The minimum absolute atomic E-state index is 0.0731. The number of halogens is 3. The third-order valence-electron chi connectivity index (χ3n) is 3.18. The zero-order chi connectivity index (χ0) is 18.2. The minimum Gasteiger partial charge on any atom is -0.352 e. The van der Waals surface area contributed by atoms with Crippen molar-refractivity contribution in [3.63, 3.8) is 0 Å². The number of carbonyl (C=O) groups excluding carboxylic acids is 2. The average molecular weight is 409 g/mol. The zero-order valence-corrected chi connectivity index (χ0v) is 14.6. The van der Waals surface area contributed by atoms with Gasteiger partial charge in [-0.15, -0.1) is 0 Å². The molecule has 4 nitrogen and oxygen atoms in total. The van der Waals surface area contributed by atoms with Gasteiger partial charge >= 0.3 is 0 Å². The molecule has 2 aromatic carbocycles. The Labute approximate surface area is 152 Å². The molecule has 0 aromatic heterocycles. The van der Waals surface area contributed by atoms with Crippen molar-refractivity contribution in [1.82, 2.24) is 5.32 Å². The molecule has 0 bridgehead atoms. The summed E-state index contributed by atoms with van der Waals surface area (Å²) in [7, 11) is 0. The number of carbonyl (C=O) groups is 2. The second kappa shape index (κ2) is 9.08. The summed E-state index contributed by atoms with van der Waals surface area (Å²) in [5.41, 5.74) is 0.361. The molecular formula is C18H15BrF2N2O2. The van der Waals surface area contributed by atoms with E-state index in [2.05, 4.69) is 26.6 Å². The standard InChI is InChI=1S/C18H15BrF2N2O2/c19-12-4-6-13(7-5-12)23-18(25)10-11-22-17(24)9-8-14-15(20)2-1-3-16(14)21/h1-9H,10-11H2,(H,22,24)(H,23,25)/b9-8+. The Hall–Kier alpha value is -2.54. The quantitative estimate of drug-likeness (QED) is 0.712. The van der Waals surface area contributed by atoms with Crippen molar-refractivity contribution >= 4 is 39.5 Å². The molecule has 25 heavy (non-hydrogen) atoms. The van der Waals surface area contributed by atoms with E-state index in [-0.39, 0.29) is 24.4 Å². The molecule has 0 atom stereocenters. The highest BCUT2D eigenvalue weighted by atomic mass is 79.9. The number of amides is 2. The SMILES string of the molecule is O=C(/C=C/c1c(F)cccc1F)NCCC(=O)Nc1ccc(Br)cc1. The van der Waals surface area contributed by atoms with Crippen LogP contribution < -0.4 is 10.6 Å². The normalized spacial score (nSPS) is 10.7. The summed E-state index contributed by atoms with van der Waals surface area (Å²) in [6.07, 6.45) is 2.15. The third-order valence-corrected chi connectivity index (χ3v) is 3.71. The van der Waals surface area contributed by atoms with Crippen LogP contribution in [-0.2, 0) is 9.59 Å². The van der Waals surface area contributed by atoms with Crippen molar-refractivity contribution in [3.8, 4) is 0 Å². The molecule has 0 aliphatic rings. The van der Waals surface area contributed by atoms with Gasteiger partial charge < -0.3 is 10.6 Å². The molecule has 130 valence electrons. The van der Waals surface area contributed by atoms with Crippen molar-refractivity contribution in [2.45, 2.75) is 6.42 Å². The van der Waals surface area contributed by atoms with Crippen LogP contribution in [0.1, 0.15) is 12.0 Å². The minimum atomic E-state index is -0.752. The fourth-order valence-corrected chi connectivity index (χ4v) is 2.21. The van der Waals surface area contributed by atoms with E-state index in [0.717, 1.165) is 28.8 Å². The monoisotopic (exact) mass is 408 g/mol. The Morgan fingerprint density at radius 3 is 2.32 bits per heavy atom. The average Bonchev–Trinajstić information content (AvgIpc) is 2.56. The summed E-state index contributed by atoms with van der Waals surface area (Å²) >= 11 is 3.30. The molecule has 7 heteroatoms. The van der Waals surface area contributed by atoms with Gasteiger partial charge in [0.05, 0.1) is 0 Å². The Bertz CT molecular complexity index is 772. The predicted octanol–water partition coefficient (Wildman–Crippen LogP) is 3.89. The highest BCUT2D eigenvalue weighted by Gasteiger charge is 2.06. The van der Waals surface area contributed by atoms with Crippen LogP contribution in [0.5, 0.6) is 0 Å². The molecule has 0 heterocycles. The van der Waals surface area contributed by atoms with E-state index < -0.39 is 17.5 Å². The molecule has 2 rings (SSSR count). The first kappa shape index (κ1) is 18.8. The van der Waals surface area contributed by atoms with Crippen molar-refractivity contribution in [3.05, 3.63) is 70.2 Å². The number of hydrogen-bond donors (Lipinski definition) is 2. The summed E-state index contributed by atoms with van der Waals surface area (Å²) < 4.78 is 27.7. The molecule has 0 aliphatic heterocycles. The van der Waals surface area contributed by atoms with E-state index in [1.165, 1.54) is 6.07 Å². The molecule has 2 aromatic rings. The summed E-state index contributed by atoms with van der Waals surface area (Å²) in [5, 5.41) is 5.17. The molecule has 0 unspecified atom stereocenters. The Morgan fingerprint density at radius 1 is 1.04 bits per heavy atom. The van der Waals surface area contributed by atoms with Crippen LogP contribution in [0.3, 0.4) is 0 Å². The summed E-state index contributed by atoms with van der Waals surface area (Å²) in [6.45, 7) is 0.102. The summed E-state index contributed by atoms with van der Waals surface area (Å²) in [6, 6.07) is 10.5. The number of rotatable bonds is 6. The van der Waals surface area contributed by atoms with Crippen LogP contribution in [-0.4, -0.2) is 18.4 Å². The maximum absolute atomic E-state index is 13.4. The second-order valence-electron chi connectivity index (χ2n) is 5.06. The van der Waals surface area contributed by atoms with Crippen molar-refractivity contribution in [2.75, 3.05) is 11.9 Å². The summed E-state index contributed by atoms with van der Waals surface area (Å²) in [4.78, 5) is 23.4. The van der Waals surface area contributed by atoms with Crippen LogP contribution in [0.2, 0.25) is 0 Å². The van der Waals surface area contributed by atoms with Gasteiger partial charge in [0, 0.05) is 34.8 Å². The van der Waals surface area contributed by atoms with E-state index in [1.54, 1.807) is 24.3 Å². The van der Waals surface area contributed by atoms with E-state index in [0.29, 0.717) is 5.69 Å². The largest absolute Gasteiger partial charge is 0.352 e. The molecule has 0 radical (unpaired) electrons. The lowest BCUT2D eigenvalue weighted by Gasteiger charge is -2.06. The van der Waals surface area contributed by atoms with Gasteiger partial charge in [0.1, 0.15) is 11.6 Å². The molecule has 2 N–H and O–H groups in total. The number of benzene rings is 2. The molecule has 0 saturated heterocycles. The van der Waals surface area contributed by atoms with Gasteiger partial charge in [-0.1, -0.05) is 22.0 Å². The van der Waals surface area contributed by atoms with Crippen LogP contribution in [0, 0.1) is 11.6 Å². The van der Waals surface area contributed by atoms with E-state index in [9.17, 15) is 18.4 Å². The van der Waals surface area contributed by atoms with Crippen LogP contribution in [0.25, 0.3) is 6.08 Å². The maximum Gasteiger partial charge on any atom is 0.244 e. The van der Waals surface area contributed by atoms with Crippen molar-refractivity contribution in [1.29, 1.82) is 0 Å². The molecule has 0 fully saturated rings. The topological polar surface area (TPSA) is 58.2 Å². The number of anilines is 1. The number of nitrogens with one attached hydrogen (secondary N) is 2. The number of hydrogen-bond acceptors (Lipinski definition) is 2. The maximum atomic E-state index is 13.4. The Morgan fingerprint density at radius 2 is 1.68 bits per heavy atom. The highest BCUT2D eigenvalue weighted by molar-refractivity contribution is 9.10. The van der Waals surface area contributed by atoms with E-state index in [1.807, 2.05) is 0 Å². The smallest absolute Gasteiger partial charge is 0.244 e. The van der Waals surface area contributed by atoms with Gasteiger partial charge in [-0.2, -0.15) is 0 Å². The third kappa shape index (κ3) is 6.11. The van der Waals surface area contributed by atoms with Crippen molar-refractivity contribution in [2.24, 2.45) is 0 Å². The lowest BCUT2D eigenvalue weighted by atomic mass is 10.2. The predicted molar refractivity (Wildman–Crippen MR) is 95.8 cm³/mol. The van der Waals surface area contributed by atoms with Gasteiger partial charge in [0.15, 0.2) is 0 Å². The lowest BCUT2D eigenvalue weighted by Crippen LogP contribution is -2.26. The molecule has 0 aliphatic carbocycles. The van der Waals surface area contributed by atoms with Crippen LogP contribution in [0.4, 0.5) is 14.5 Å². The van der Waals surface area contributed by atoms with E-state index >= 15 is 0 Å².